The predicted octanol–water partition coefficient (Wildman–Crippen LogP) is 0.964. The molecule has 1 aromatic heterocycles. The zero-order valence-corrected chi connectivity index (χ0v) is 11.0. The Balaban J connectivity index is 3.01. The number of nitrogens with zero attached hydrogens (tertiary/aromatic N) is 4. The van der Waals surface area contributed by atoms with Crippen LogP contribution in [-0.4, -0.2) is 37.6 Å². The molecule has 0 fully saturated rings. The van der Waals surface area contributed by atoms with E-state index in [0.29, 0.717) is 6.54 Å². The summed E-state index contributed by atoms with van der Waals surface area (Å²) in [6.07, 6.45) is 0. The first kappa shape index (κ1) is 14.8. The van der Waals surface area contributed by atoms with E-state index in [4.69, 9.17) is 16.4 Å². The van der Waals surface area contributed by atoms with Crippen LogP contribution in [0.15, 0.2) is 0 Å². The fourth-order valence-corrected chi connectivity index (χ4v) is 1.53. The van der Waals surface area contributed by atoms with Gasteiger partial charge in [0, 0.05) is 13.1 Å². The molecule has 1 rings (SSSR count). The van der Waals surface area contributed by atoms with E-state index in [1.807, 2.05) is 13.0 Å². The largest absolute Gasteiger partial charge is 0.378 e. The lowest BCUT2D eigenvalue weighted by Gasteiger charge is -2.07. The van der Waals surface area contributed by atoms with Crippen molar-refractivity contribution in [3.05, 3.63) is 17.1 Å². The van der Waals surface area contributed by atoms with E-state index >= 15 is 0 Å². The first-order valence-corrected chi connectivity index (χ1v) is 6.64. The van der Waals surface area contributed by atoms with Gasteiger partial charge in [-0.15, -0.1) is 0 Å². The SMILES string of the molecule is [C-]#[N+]c1nc(NCCS(=O)O)c(C#N)nc1NCC. The summed E-state index contributed by atoms with van der Waals surface area (Å²) < 4.78 is 19.2. The minimum absolute atomic E-state index is 0.00510. The maximum Gasteiger partial charge on any atom is 0.314 e. The summed E-state index contributed by atoms with van der Waals surface area (Å²) in [6, 6.07) is 1.87. The van der Waals surface area contributed by atoms with Gasteiger partial charge in [-0.2, -0.15) is 5.26 Å². The van der Waals surface area contributed by atoms with E-state index in [9.17, 15) is 4.21 Å². The average Bonchev–Trinajstić information content (AvgIpc) is 2.39. The van der Waals surface area contributed by atoms with Crippen molar-refractivity contribution < 1.29 is 8.76 Å². The fraction of sp³-hybridized carbons (Fsp3) is 0.400. The van der Waals surface area contributed by atoms with E-state index in [0.717, 1.165) is 0 Å². The Bertz CT molecular complexity index is 562. The highest BCUT2D eigenvalue weighted by atomic mass is 32.2. The second kappa shape index (κ2) is 7.26. The second-order valence-electron chi connectivity index (χ2n) is 3.30. The molecule has 1 heterocycles. The monoisotopic (exact) mass is 280 g/mol. The van der Waals surface area contributed by atoms with Gasteiger partial charge in [0.15, 0.2) is 16.9 Å². The lowest BCUT2D eigenvalue weighted by molar-refractivity contribution is 0.565. The van der Waals surface area contributed by atoms with Crippen molar-refractivity contribution in [3.63, 3.8) is 0 Å². The lowest BCUT2D eigenvalue weighted by Crippen LogP contribution is -2.13. The van der Waals surface area contributed by atoms with E-state index in [2.05, 4.69) is 25.4 Å². The third-order valence-corrected chi connectivity index (χ3v) is 2.56. The Hall–Kier alpha value is -2.23. The number of rotatable bonds is 6. The number of aromatic nitrogens is 2. The highest BCUT2D eigenvalue weighted by molar-refractivity contribution is 7.79. The number of hydrogen-bond acceptors (Lipinski definition) is 6. The summed E-state index contributed by atoms with van der Waals surface area (Å²) in [5, 5.41) is 14.5. The third kappa shape index (κ3) is 4.17. The molecule has 0 aromatic carbocycles. The Morgan fingerprint density at radius 3 is 2.74 bits per heavy atom. The first-order valence-electron chi connectivity index (χ1n) is 5.37. The van der Waals surface area contributed by atoms with Crippen LogP contribution in [-0.2, 0) is 11.1 Å². The molecule has 0 saturated heterocycles. The van der Waals surface area contributed by atoms with Gasteiger partial charge in [-0.3, -0.25) is 0 Å². The topological polar surface area (TPSA) is 115 Å². The molecule has 0 aliphatic carbocycles. The third-order valence-electron chi connectivity index (χ3n) is 2.00. The minimum Gasteiger partial charge on any atom is -0.378 e. The quantitative estimate of drug-likeness (QED) is 0.525. The van der Waals surface area contributed by atoms with Gasteiger partial charge in [0.1, 0.15) is 6.07 Å². The maximum absolute atomic E-state index is 10.5. The molecule has 9 heteroatoms. The molecule has 3 N–H and O–H groups in total. The van der Waals surface area contributed by atoms with Crippen LogP contribution in [0.25, 0.3) is 4.85 Å². The van der Waals surface area contributed by atoms with Gasteiger partial charge >= 0.3 is 5.82 Å². The van der Waals surface area contributed by atoms with Crippen LogP contribution >= 0.6 is 0 Å². The summed E-state index contributed by atoms with van der Waals surface area (Å²) >= 11 is -1.93. The molecule has 100 valence electrons. The molecule has 1 atom stereocenters. The summed E-state index contributed by atoms with van der Waals surface area (Å²) in [7, 11) is 0. The molecule has 0 amide bonds. The lowest BCUT2D eigenvalue weighted by atomic mass is 10.4. The smallest absolute Gasteiger partial charge is 0.314 e. The van der Waals surface area contributed by atoms with Gasteiger partial charge in [0.2, 0.25) is 5.69 Å². The highest BCUT2D eigenvalue weighted by Crippen LogP contribution is 2.24. The van der Waals surface area contributed by atoms with E-state index in [-0.39, 0.29) is 35.4 Å². The zero-order valence-electron chi connectivity index (χ0n) is 10.2. The Kier molecular flexibility index (Phi) is 5.67. The molecule has 0 aliphatic rings. The van der Waals surface area contributed by atoms with Gasteiger partial charge in [-0.05, 0) is 6.92 Å². The Morgan fingerprint density at radius 1 is 1.47 bits per heavy atom. The van der Waals surface area contributed by atoms with Crippen molar-refractivity contribution in [1.29, 1.82) is 5.26 Å². The molecule has 0 saturated carbocycles. The molecular formula is C10H12N6O2S. The van der Waals surface area contributed by atoms with Crippen molar-refractivity contribution in [1.82, 2.24) is 9.97 Å². The van der Waals surface area contributed by atoms with Crippen LogP contribution in [0.4, 0.5) is 17.5 Å². The summed E-state index contributed by atoms with van der Waals surface area (Å²) in [6.45, 7) is 9.56. The first-order chi connectivity index (χ1) is 9.12. The highest BCUT2D eigenvalue weighted by Gasteiger charge is 2.15. The van der Waals surface area contributed by atoms with Gasteiger partial charge < -0.3 is 20.0 Å². The molecule has 0 radical (unpaired) electrons. The number of nitrogens with one attached hydrogen (secondary N) is 2. The number of nitriles is 1. The van der Waals surface area contributed by atoms with E-state index in [1.54, 1.807) is 0 Å². The standard InChI is InChI=1S/C10H12N6O2S/c1-3-13-10-9(12-2)16-8(7(6-11)15-10)14-4-5-19(17)18/h3-5H2,1H3,(H,13,15)(H,14,16)(H,17,18). The molecule has 0 spiro atoms. The van der Waals surface area contributed by atoms with Crippen LogP contribution in [0, 0.1) is 17.9 Å². The van der Waals surface area contributed by atoms with Gasteiger partial charge in [0.05, 0.1) is 5.75 Å². The van der Waals surface area contributed by atoms with Crippen LogP contribution < -0.4 is 10.6 Å². The van der Waals surface area contributed by atoms with Crippen LogP contribution in [0.5, 0.6) is 0 Å². The molecule has 0 aliphatic heterocycles. The molecular weight excluding hydrogens is 268 g/mol. The number of hydrogen-bond donors (Lipinski definition) is 3. The van der Waals surface area contributed by atoms with Gasteiger partial charge in [0.25, 0.3) is 5.82 Å². The molecule has 8 nitrogen and oxygen atoms in total. The average molecular weight is 280 g/mol. The normalized spacial score (nSPS) is 11.2. The van der Waals surface area contributed by atoms with Crippen LogP contribution in [0.1, 0.15) is 12.6 Å². The Labute approximate surface area is 113 Å². The van der Waals surface area contributed by atoms with Gasteiger partial charge in [-0.25, -0.2) is 9.19 Å². The zero-order chi connectivity index (χ0) is 14.3. The summed E-state index contributed by atoms with van der Waals surface area (Å²) in [5.41, 5.74) is 0.0343. The second-order valence-corrected chi connectivity index (χ2v) is 4.35. The van der Waals surface area contributed by atoms with Crippen molar-refractivity contribution in [2.75, 3.05) is 29.5 Å². The van der Waals surface area contributed by atoms with Crippen molar-refractivity contribution in [2.45, 2.75) is 6.92 Å². The molecule has 19 heavy (non-hydrogen) atoms. The van der Waals surface area contributed by atoms with Crippen molar-refractivity contribution >= 4 is 28.5 Å². The predicted molar refractivity (Wildman–Crippen MR) is 71.3 cm³/mol. The minimum atomic E-state index is -1.93. The van der Waals surface area contributed by atoms with Crippen molar-refractivity contribution in [2.24, 2.45) is 0 Å². The molecule has 0 bridgehead atoms. The molecule has 1 aromatic rings. The number of anilines is 2. The van der Waals surface area contributed by atoms with Crippen LogP contribution in [0.2, 0.25) is 0 Å². The summed E-state index contributed by atoms with van der Waals surface area (Å²) in [4.78, 5) is 11.2. The van der Waals surface area contributed by atoms with E-state index in [1.165, 1.54) is 0 Å². The van der Waals surface area contributed by atoms with Gasteiger partial charge in [-0.1, -0.05) is 11.6 Å². The Morgan fingerprint density at radius 2 is 2.21 bits per heavy atom. The van der Waals surface area contributed by atoms with E-state index < -0.39 is 11.1 Å². The van der Waals surface area contributed by atoms with Crippen LogP contribution in [0.3, 0.4) is 0 Å². The van der Waals surface area contributed by atoms with Crippen molar-refractivity contribution in [3.8, 4) is 6.07 Å². The maximum atomic E-state index is 10.5. The molecule has 1 unspecified atom stereocenters. The fourth-order valence-electron chi connectivity index (χ4n) is 1.25. The summed E-state index contributed by atoms with van der Waals surface area (Å²) in [5.74, 6) is 0.439.